The molecule has 23 heavy (non-hydrogen) atoms. The summed E-state index contributed by atoms with van der Waals surface area (Å²) < 4.78 is 5.36. The maximum atomic E-state index is 11.8. The maximum absolute atomic E-state index is 11.8. The third kappa shape index (κ3) is 4.03. The van der Waals surface area contributed by atoms with Gasteiger partial charge in [0.15, 0.2) is 6.61 Å². The Morgan fingerprint density at radius 1 is 1.13 bits per heavy atom. The van der Waals surface area contributed by atoms with E-state index in [4.69, 9.17) is 27.9 Å². The molecule has 0 heterocycles. The molecular weight excluding hydrogens is 335 g/mol. The molecule has 1 amide bonds. The van der Waals surface area contributed by atoms with Crippen molar-refractivity contribution in [3.63, 3.8) is 0 Å². The van der Waals surface area contributed by atoms with Crippen LogP contribution in [-0.4, -0.2) is 18.2 Å². The molecule has 1 aliphatic carbocycles. The van der Waals surface area contributed by atoms with Crippen molar-refractivity contribution in [2.24, 2.45) is 5.10 Å². The lowest BCUT2D eigenvalue weighted by Crippen LogP contribution is -2.26. The largest absolute Gasteiger partial charge is 0.482 e. The van der Waals surface area contributed by atoms with E-state index in [0.29, 0.717) is 15.8 Å². The molecule has 0 aliphatic heterocycles. The van der Waals surface area contributed by atoms with Crippen LogP contribution in [0.25, 0.3) is 0 Å². The zero-order chi connectivity index (χ0) is 16.2. The fourth-order valence-corrected chi connectivity index (χ4v) is 2.86. The number of carbonyl (C=O) groups excluding carboxylic acids is 1. The lowest BCUT2D eigenvalue weighted by atomic mass is 10.1. The standard InChI is InChI=1S/C17H14Cl2N2O2/c18-13-5-6-16(15(19)9-13)23-10-17(22)21-20-14-7-11-3-1-2-4-12(11)8-14/h1-6,9H,7-8,10H2,(H,21,22). The van der Waals surface area contributed by atoms with E-state index < -0.39 is 0 Å². The minimum absolute atomic E-state index is 0.162. The Morgan fingerprint density at radius 2 is 1.83 bits per heavy atom. The number of hydrogen-bond acceptors (Lipinski definition) is 3. The van der Waals surface area contributed by atoms with Gasteiger partial charge in [-0.05, 0) is 29.3 Å². The summed E-state index contributed by atoms with van der Waals surface area (Å²) >= 11 is 11.8. The molecule has 6 heteroatoms. The average Bonchev–Trinajstić information content (AvgIpc) is 2.95. The first-order chi connectivity index (χ1) is 11.1. The van der Waals surface area contributed by atoms with Crippen LogP contribution in [0.5, 0.6) is 5.75 Å². The second kappa shape index (κ2) is 7.02. The van der Waals surface area contributed by atoms with Crippen molar-refractivity contribution in [1.29, 1.82) is 0 Å². The van der Waals surface area contributed by atoms with Crippen LogP contribution < -0.4 is 10.2 Å². The van der Waals surface area contributed by atoms with Gasteiger partial charge < -0.3 is 4.74 Å². The Morgan fingerprint density at radius 3 is 2.48 bits per heavy atom. The summed E-state index contributed by atoms with van der Waals surface area (Å²) in [6.07, 6.45) is 1.53. The molecular formula is C17H14Cl2N2O2. The van der Waals surface area contributed by atoms with Crippen LogP contribution in [0.4, 0.5) is 0 Å². The molecule has 0 fully saturated rings. The number of nitrogens with zero attached hydrogens (tertiary/aromatic N) is 1. The van der Waals surface area contributed by atoms with Crippen molar-refractivity contribution >= 4 is 34.8 Å². The van der Waals surface area contributed by atoms with Gasteiger partial charge in [-0.25, -0.2) is 5.43 Å². The number of nitrogens with one attached hydrogen (secondary N) is 1. The van der Waals surface area contributed by atoms with Crippen molar-refractivity contribution < 1.29 is 9.53 Å². The summed E-state index contributed by atoms with van der Waals surface area (Å²) in [5, 5.41) is 5.05. The highest BCUT2D eigenvalue weighted by Crippen LogP contribution is 2.27. The molecule has 0 radical (unpaired) electrons. The number of rotatable bonds is 4. The molecule has 0 spiro atoms. The van der Waals surface area contributed by atoms with E-state index in [1.165, 1.54) is 11.1 Å². The molecule has 0 saturated carbocycles. The fraction of sp³-hybridized carbons (Fsp3) is 0.176. The molecule has 1 aliphatic rings. The number of amides is 1. The summed E-state index contributed by atoms with van der Waals surface area (Å²) in [4.78, 5) is 11.8. The average molecular weight is 349 g/mol. The second-order valence-electron chi connectivity index (χ2n) is 5.20. The van der Waals surface area contributed by atoms with Gasteiger partial charge >= 0.3 is 0 Å². The minimum Gasteiger partial charge on any atom is -0.482 e. The predicted molar refractivity (Wildman–Crippen MR) is 91.4 cm³/mol. The predicted octanol–water partition coefficient (Wildman–Crippen LogP) is 3.64. The number of benzene rings is 2. The zero-order valence-corrected chi connectivity index (χ0v) is 13.7. The van der Waals surface area contributed by atoms with Gasteiger partial charge in [0.2, 0.25) is 0 Å². The second-order valence-corrected chi connectivity index (χ2v) is 6.04. The summed E-state index contributed by atoms with van der Waals surface area (Å²) in [7, 11) is 0. The summed E-state index contributed by atoms with van der Waals surface area (Å²) in [6, 6.07) is 13.0. The SMILES string of the molecule is O=C(COc1ccc(Cl)cc1Cl)NN=C1Cc2ccccc2C1. The molecule has 1 N–H and O–H groups in total. The van der Waals surface area contributed by atoms with E-state index in [1.807, 2.05) is 12.1 Å². The minimum atomic E-state index is -0.334. The van der Waals surface area contributed by atoms with Crippen molar-refractivity contribution in [3.8, 4) is 5.75 Å². The number of halogens is 2. The Hall–Kier alpha value is -2.04. The molecule has 3 rings (SSSR count). The Labute approximate surface area is 144 Å². The summed E-state index contributed by atoms with van der Waals surface area (Å²) in [5.74, 6) is 0.0756. The van der Waals surface area contributed by atoms with Gasteiger partial charge in [-0.15, -0.1) is 0 Å². The molecule has 2 aromatic carbocycles. The van der Waals surface area contributed by atoms with Gasteiger partial charge in [0.05, 0.1) is 5.02 Å². The first-order valence-corrected chi connectivity index (χ1v) is 7.86. The van der Waals surface area contributed by atoms with E-state index in [9.17, 15) is 4.79 Å². The van der Waals surface area contributed by atoms with Gasteiger partial charge in [-0.2, -0.15) is 5.10 Å². The van der Waals surface area contributed by atoms with Gasteiger partial charge in [-0.1, -0.05) is 47.5 Å². The van der Waals surface area contributed by atoms with Gasteiger partial charge in [0.1, 0.15) is 5.75 Å². The van der Waals surface area contributed by atoms with Crippen molar-refractivity contribution in [2.75, 3.05) is 6.61 Å². The van der Waals surface area contributed by atoms with E-state index in [1.54, 1.807) is 18.2 Å². The first kappa shape index (κ1) is 15.8. The Kier molecular flexibility index (Phi) is 4.84. The van der Waals surface area contributed by atoms with Gasteiger partial charge in [0, 0.05) is 23.6 Å². The Balaban J connectivity index is 1.52. The maximum Gasteiger partial charge on any atom is 0.277 e. The number of ether oxygens (including phenoxy) is 1. The number of hydrogen-bond donors (Lipinski definition) is 1. The molecule has 0 bridgehead atoms. The Bertz CT molecular complexity index is 748. The highest BCUT2D eigenvalue weighted by atomic mass is 35.5. The highest BCUT2D eigenvalue weighted by Gasteiger charge is 2.16. The smallest absolute Gasteiger partial charge is 0.277 e. The van der Waals surface area contributed by atoms with Crippen molar-refractivity contribution in [2.45, 2.75) is 12.8 Å². The molecule has 2 aromatic rings. The lowest BCUT2D eigenvalue weighted by molar-refractivity contribution is -0.123. The van der Waals surface area contributed by atoms with E-state index in [0.717, 1.165) is 18.6 Å². The normalized spacial score (nSPS) is 12.7. The molecule has 0 saturated heterocycles. The first-order valence-electron chi connectivity index (χ1n) is 7.11. The zero-order valence-electron chi connectivity index (χ0n) is 12.2. The number of fused-ring (bicyclic) bond motifs is 1. The molecule has 4 nitrogen and oxygen atoms in total. The molecule has 0 unspecified atom stereocenters. The fourth-order valence-electron chi connectivity index (χ4n) is 2.39. The van der Waals surface area contributed by atoms with Crippen LogP contribution in [0.3, 0.4) is 0 Å². The third-order valence-corrected chi connectivity index (χ3v) is 4.03. The van der Waals surface area contributed by atoms with Crippen LogP contribution in [0.2, 0.25) is 10.0 Å². The quantitative estimate of drug-likeness (QED) is 0.857. The van der Waals surface area contributed by atoms with Crippen molar-refractivity contribution in [1.82, 2.24) is 5.43 Å². The van der Waals surface area contributed by atoms with E-state index >= 15 is 0 Å². The van der Waals surface area contributed by atoms with Gasteiger partial charge in [-0.3, -0.25) is 4.79 Å². The molecule has 0 aromatic heterocycles. The van der Waals surface area contributed by atoms with Crippen molar-refractivity contribution in [3.05, 3.63) is 63.6 Å². The number of carbonyl (C=O) groups is 1. The van der Waals surface area contributed by atoms with E-state index in [-0.39, 0.29) is 12.5 Å². The lowest BCUT2D eigenvalue weighted by Gasteiger charge is -2.07. The monoisotopic (exact) mass is 348 g/mol. The van der Waals surface area contributed by atoms with Crippen LogP contribution in [-0.2, 0) is 17.6 Å². The van der Waals surface area contributed by atoms with Crippen LogP contribution in [0.1, 0.15) is 11.1 Å². The van der Waals surface area contributed by atoms with Crippen LogP contribution >= 0.6 is 23.2 Å². The van der Waals surface area contributed by atoms with Crippen LogP contribution in [0, 0.1) is 0 Å². The summed E-state index contributed by atoms with van der Waals surface area (Å²) in [6.45, 7) is -0.162. The van der Waals surface area contributed by atoms with Crippen LogP contribution in [0.15, 0.2) is 47.6 Å². The topological polar surface area (TPSA) is 50.7 Å². The molecule has 0 atom stereocenters. The highest BCUT2D eigenvalue weighted by molar-refractivity contribution is 6.35. The molecule has 118 valence electrons. The van der Waals surface area contributed by atoms with E-state index in [2.05, 4.69) is 22.7 Å². The summed E-state index contributed by atoms with van der Waals surface area (Å²) in [5.41, 5.74) is 5.96. The third-order valence-electron chi connectivity index (χ3n) is 3.50. The number of hydrazone groups is 1. The van der Waals surface area contributed by atoms with Gasteiger partial charge in [0.25, 0.3) is 5.91 Å².